The zero-order valence-corrected chi connectivity index (χ0v) is 19.4. The van der Waals surface area contributed by atoms with Crippen molar-refractivity contribution in [1.29, 1.82) is 0 Å². The smallest absolute Gasteiger partial charge is 0.325 e. The number of fused-ring (bicyclic) bond motifs is 1. The van der Waals surface area contributed by atoms with Gasteiger partial charge in [-0.3, -0.25) is 14.5 Å². The largest absolute Gasteiger partial charge is 0.341 e. The molecule has 6 nitrogen and oxygen atoms in total. The summed E-state index contributed by atoms with van der Waals surface area (Å²) in [4.78, 5) is 42.1. The van der Waals surface area contributed by atoms with Gasteiger partial charge in [-0.1, -0.05) is 72.8 Å². The summed E-state index contributed by atoms with van der Waals surface area (Å²) in [6.07, 6.45) is 2.86. The lowest BCUT2D eigenvalue weighted by Gasteiger charge is -2.33. The highest BCUT2D eigenvalue weighted by Crippen LogP contribution is 2.34. The number of amides is 4. The molecule has 0 spiro atoms. The second kappa shape index (κ2) is 8.93. The third-order valence-electron chi connectivity index (χ3n) is 7.23. The van der Waals surface area contributed by atoms with Gasteiger partial charge in [0.05, 0.1) is 0 Å². The zero-order chi connectivity index (χ0) is 23.7. The Kier molecular flexibility index (Phi) is 5.82. The molecule has 3 aromatic carbocycles. The number of urea groups is 1. The summed E-state index contributed by atoms with van der Waals surface area (Å²) in [5.41, 5.74) is 0.848. The minimum Gasteiger partial charge on any atom is -0.341 e. The van der Waals surface area contributed by atoms with Crippen LogP contribution in [0.4, 0.5) is 4.79 Å². The molecule has 174 valence electrons. The Morgan fingerprint density at radius 2 is 1.62 bits per heavy atom. The molecule has 3 aromatic rings. The van der Waals surface area contributed by atoms with Crippen LogP contribution in [0.1, 0.15) is 30.9 Å². The van der Waals surface area contributed by atoms with E-state index in [4.69, 9.17) is 0 Å². The molecule has 0 radical (unpaired) electrons. The summed E-state index contributed by atoms with van der Waals surface area (Å²) in [6.45, 7) is 2.80. The van der Waals surface area contributed by atoms with Crippen LogP contribution in [0.3, 0.4) is 0 Å². The van der Waals surface area contributed by atoms with Gasteiger partial charge in [-0.2, -0.15) is 0 Å². The van der Waals surface area contributed by atoms with E-state index < -0.39 is 11.6 Å². The number of imide groups is 1. The first-order chi connectivity index (χ1) is 16.5. The number of nitrogens with one attached hydrogen (secondary N) is 1. The molecule has 34 heavy (non-hydrogen) atoms. The molecular formula is C28H29N3O3. The first-order valence-electron chi connectivity index (χ1n) is 11.9. The maximum absolute atomic E-state index is 13.4. The van der Waals surface area contributed by atoms with Gasteiger partial charge >= 0.3 is 6.03 Å². The Morgan fingerprint density at radius 1 is 0.941 bits per heavy atom. The molecule has 1 atom stereocenters. The van der Waals surface area contributed by atoms with Crippen LogP contribution >= 0.6 is 0 Å². The van der Waals surface area contributed by atoms with Crippen molar-refractivity contribution in [2.45, 2.75) is 31.7 Å². The molecule has 0 saturated carbocycles. The van der Waals surface area contributed by atoms with Crippen molar-refractivity contribution in [2.24, 2.45) is 5.92 Å². The highest BCUT2D eigenvalue weighted by Gasteiger charge is 2.50. The molecule has 5 rings (SSSR count). The normalized spacial score (nSPS) is 21.2. The van der Waals surface area contributed by atoms with Crippen LogP contribution in [0.5, 0.6) is 0 Å². The molecule has 2 aliphatic rings. The standard InChI is InChI=1S/C28H29N3O3/c1-28(24-13-7-11-22-10-5-6-12-23(22)24)26(33)31(27(34)29-28)19-25(32)30-16-14-21(15-17-30)18-20-8-3-2-4-9-20/h2-13,21H,14-19H2,1H3,(H,29,34). The highest BCUT2D eigenvalue weighted by atomic mass is 16.2. The van der Waals surface area contributed by atoms with E-state index in [9.17, 15) is 14.4 Å². The third kappa shape index (κ3) is 4.04. The van der Waals surface area contributed by atoms with Crippen molar-refractivity contribution in [2.75, 3.05) is 19.6 Å². The van der Waals surface area contributed by atoms with Gasteiger partial charge in [0.1, 0.15) is 12.1 Å². The van der Waals surface area contributed by atoms with E-state index in [1.54, 1.807) is 11.8 Å². The predicted molar refractivity (Wildman–Crippen MR) is 131 cm³/mol. The minimum absolute atomic E-state index is 0.177. The van der Waals surface area contributed by atoms with Crippen LogP contribution in [0.2, 0.25) is 0 Å². The number of carbonyl (C=O) groups excluding carboxylic acids is 3. The van der Waals surface area contributed by atoms with Crippen LogP contribution in [0.25, 0.3) is 10.8 Å². The van der Waals surface area contributed by atoms with Gasteiger partial charge in [0, 0.05) is 13.1 Å². The van der Waals surface area contributed by atoms with Gasteiger partial charge in [-0.25, -0.2) is 4.79 Å². The van der Waals surface area contributed by atoms with Crippen LogP contribution in [-0.4, -0.2) is 47.3 Å². The van der Waals surface area contributed by atoms with Gasteiger partial charge in [-0.05, 0) is 54.0 Å². The lowest BCUT2D eigenvalue weighted by atomic mass is 9.88. The van der Waals surface area contributed by atoms with Crippen molar-refractivity contribution in [1.82, 2.24) is 15.1 Å². The van der Waals surface area contributed by atoms with Crippen molar-refractivity contribution in [3.05, 3.63) is 83.9 Å². The quantitative estimate of drug-likeness (QED) is 0.589. The number of hydrogen-bond donors (Lipinski definition) is 1. The number of piperidine rings is 1. The number of hydrogen-bond acceptors (Lipinski definition) is 3. The van der Waals surface area contributed by atoms with Crippen LogP contribution < -0.4 is 5.32 Å². The molecule has 2 aliphatic heterocycles. The van der Waals surface area contributed by atoms with Crippen LogP contribution in [-0.2, 0) is 21.5 Å². The fraction of sp³-hybridized carbons (Fsp3) is 0.321. The third-order valence-corrected chi connectivity index (χ3v) is 7.23. The van der Waals surface area contributed by atoms with Crippen molar-refractivity contribution >= 4 is 28.6 Å². The lowest BCUT2D eigenvalue weighted by Crippen LogP contribution is -2.47. The molecule has 2 fully saturated rings. The Morgan fingerprint density at radius 3 is 2.38 bits per heavy atom. The molecule has 0 aromatic heterocycles. The first kappa shape index (κ1) is 22.1. The maximum Gasteiger partial charge on any atom is 0.325 e. The first-order valence-corrected chi connectivity index (χ1v) is 11.9. The van der Waals surface area contributed by atoms with E-state index in [1.165, 1.54) is 5.56 Å². The number of nitrogens with zero attached hydrogens (tertiary/aromatic N) is 2. The van der Waals surface area contributed by atoms with Gasteiger partial charge in [0.25, 0.3) is 5.91 Å². The summed E-state index contributed by atoms with van der Waals surface area (Å²) >= 11 is 0. The summed E-state index contributed by atoms with van der Waals surface area (Å²) in [5, 5.41) is 4.76. The van der Waals surface area contributed by atoms with Crippen LogP contribution in [0, 0.1) is 5.92 Å². The maximum atomic E-state index is 13.4. The Balaban J connectivity index is 1.25. The molecule has 1 N–H and O–H groups in total. The average Bonchev–Trinajstić information content (AvgIpc) is 3.08. The summed E-state index contributed by atoms with van der Waals surface area (Å²) < 4.78 is 0. The van der Waals surface area contributed by atoms with Crippen molar-refractivity contribution < 1.29 is 14.4 Å². The Bertz CT molecular complexity index is 1230. The van der Waals surface area contributed by atoms with Crippen molar-refractivity contribution in [3.8, 4) is 0 Å². The Hall–Kier alpha value is -3.67. The fourth-order valence-corrected chi connectivity index (χ4v) is 5.25. The molecule has 4 amide bonds. The number of benzene rings is 3. The predicted octanol–water partition coefficient (Wildman–Crippen LogP) is 4.09. The van der Waals surface area contributed by atoms with Crippen molar-refractivity contribution in [3.63, 3.8) is 0 Å². The molecule has 2 saturated heterocycles. The summed E-state index contributed by atoms with van der Waals surface area (Å²) in [5.74, 6) is -0.0252. The molecule has 2 heterocycles. The van der Waals surface area contributed by atoms with Gasteiger partial charge in [0.2, 0.25) is 5.91 Å². The Labute approximate surface area is 199 Å². The average molecular weight is 456 g/mol. The number of carbonyl (C=O) groups is 3. The second-order valence-corrected chi connectivity index (χ2v) is 9.49. The number of rotatable bonds is 5. The van der Waals surface area contributed by atoms with E-state index in [2.05, 4.69) is 29.6 Å². The lowest BCUT2D eigenvalue weighted by molar-refractivity contribution is -0.139. The van der Waals surface area contributed by atoms with E-state index in [1.807, 2.05) is 48.5 Å². The SMILES string of the molecule is CC1(c2cccc3ccccc23)NC(=O)N(CC(=O)N2CCC(Cc3ccccc3)CC2)C1=O. The highest BCUT2D eigenvalue weighted by molar-refractivity contribution is 6.10. The molecule has 0 aliphatic carbocycles. The fourth-order valence-electron chi connectivity index (χ4n) is 5.25. The molecule has 6 heteroatoms. The molecule has 1 unspecified atom stereocenters. The minimum atomic E-state index is -1.21. The van der Waals surface area contributed by atoms with Gasteiger partial charge in [-0.15, -0.1) is 0 Å². The van der Waals surface area contributed by atoms with E-state index in [0.29, 0.717) is 19.0 Å². The summed E-state index contributed by atoms with van der Waals surface area (Å²) in [7, 11) is 0. The second-order valence-electron chi connectivity index (χ2n) is 9.49. The van der Waals surface area contributed by atoms with Gasteiger partial charge in [0.15, 0.2) is 0 Å². The van der Waals surface area contributed by atoms with E-state index in [0.717, 1.165) is 40.5 Å². The van der Waals surface area contributed by atoms with E-state index in [-0.39, 0.29) is 18.4 Å². The zero-order valence-electron chi connectivity index (χ0n) is 19.4. The molecular weight excluding hydrogens is 426 g/mol. The number of likely N-dealkylation sites (tertiary alicyclic amines) is 1. The topological polar surface area (TPSA) is 69.7 Å². The monoisotopic (exact) mass is 455 g/mol. The van der Waals surface area contributed by atoms with Gasteiger partial charge < -0.3 is 10.2 Å². The molecule has 0 bridgehead atoms. The summed E-state index contributed by atoms with van der Waals surface area (Å²) in [6, 6.07) is 23.4. The van der Waals surface area contributed by atoms with E-state index >= 15 is 0 Å². The van der Waals surface area contributed by atoms with Crippen LogP contribution in [0.15, 0.2) is 72.8 Å².